The highest BCUT2D eigenvalue weighted by atomic mass is 16.6. The van der Waals surface area contributed by atoms with Gasteiger partial charge in [0.1, 0.15) is 11.2 Å². The summed E-state index contributed by atoms with van der Waals surface area (Å²) in [7, 11) is 0. The number of ether oxygens (including phenoxy) is 2. The van der Waals surface area contributed by atoms with Crippen LogP contribution in [-0.4, -0.2) is 52.1 Å². The Morgan fingerprint density at radius 3 is 2.48 bits per heavy atom. The summed E-state index contributed by atoms with van der Waals surface area (Å²) in [5.74, 6) is 0.977. The van der Waals surface area contributed by atoms with Crippen molar-refractivity contribution in [1.82, 2.24) is 4.90 Å². The molecule has 4 atom stereocenters. The van der Waals surface area contributed by atoms with Gasteiger partial charge in [-0.15, -0.1) is 6.58 Å². The smallest absolute Gasteiger partial charge is 0.410 e. The first-order valence-corrected chi connectivity index (χ1v) is 10.6. The molecule has 4 unspecified atom stereocenters. The monoisotopic (exact) mass is 379 g/mol. The zero-order valence-electron chi connectivity index (χ0n) is 17.5. The zero-order valence-corrected chi connectivity index (χ0v) is 17.5. The zero-order chi connectivity index (χ0) is 19.9. The predicted octanol–water partition coefficient (Wildman–Crippen LogP) is 4.29. The molecule has 2 heterocycles. The maximum absolute atomic E-state index is 12.4. The van der Waals surface area contributed by atoms with Crippen LogP contribution >= 0.6 is 0 Å². The molecule has 1 N–H and O–H groups in total. The normalized spacial score (nSPS) is 36.2. The van der Waals surface area contributed by atoms with Crippen molar-refractivity contribution in [2.24, 2.45) is 11.8 Å². The van der Waals surface area contributed by atoms with Crippen molar-refractivity contribution >= 4 is 6.09 Å². The Bertz CT molecular complexity index is 559. The van der Waals surface area contributed by atoms with Crippen molar-refractivity contribution in [2.75, 3.05) is 13.1 Å². The number of carbonyl (C=O) groups excluding carboxylic acids is 1. The quantitative estimate of drug-likeness (QED) is 0.587. The number of nitrogens with zero attached hydrogens (tertiary/aromatic N) is 1. The molecule has 5 heteroatoms. The van der Waals surface area contributed by atoms with Gasteiger partial charge in [0.15, 0.2) is 0 Å². The van der Waals surface area contributed by atoms with Gasteiger partial charge in [0.05, 0.1) is 11.7 Å². The van der Waals surface area contributed by atoms with E-state index >= 15 is 0 Å². The molecule has 2 saturated heterocycles. The Morgan fingerprint density at radius 1 is 1.30 bits per heavy atom. The summed E-state index contributed by atoms with van der Waals surface area (Å²) in [5.41, 5.74) is -1.68. The highest BCUT2D eigenvalue weighted by Gasteiger charge is 2.72. The van der Waals surface area contributed by atoms with E-state index in [4.69, 9.17) is 9.47 Å². The van der Waals surface area contributed by atoms with Crippen LogP contribution in [0.25, 0.3) is 0 Å². The minimum atomic E-state index is -0.800. The van der Waals surface area contributed by atoms with Crippen molar-refractivity contribution in [3.8, 4) is 0 Å². The van der Waals surface area contributed by atoms with Gasteiger partial charge in [-0.3, -0.25) is 0 Å². The number of rotatable bonds is 3. The minimum absolute atomic E-state index is 0.178. The number of fused-ring (bicyclic) bond motifs is 1. The van der Waals surface area contributed by atoms with Gasteiger partial charge in [0.25, 0.3) is 0 Å². The molecule has 2 aliphatic heterocycles. The van der Waals surface area contributed by atoms with Crippen molar-refractivity contribution < 1.29 is 19.4 Å². The number of aliphatic hydroxyl groups is 1. The number of epoxide rings is 1. The third-order valence-corrected chi connectivity index (χ3v) is 6.54. The first kappa shape index (κ1) is 20.7. The number of hydrogen-bond donors (Lipinski definition) is 1. The van der Waals surface area contributed by atoms with Gasteiger partial charge in [-0.2, -0.15) is 0 Å². The molecule has 0 aromatic rings. The predicted molar refractivity (Wildman–Crippen MR) is 106 cm³/mol. The number of amides is 1. The Balaban J connectivity index is 1.67. The second kappa shape index (κ2) is 7.40. The third-order valence-electron chi connectivity index (χ3n) is 6.54. The fourth-order valence-corrected chi connectivity index (χ4v) is 5.43. The van der Waals surface area contributed by atoms with E-state index in [0.29, 0.717) is 37.8 Å². The number of likely N-dealkylation sites (tertiary alicyclic amines) is 1. The van der Waals surface area contributed by atoms with Crippen LogP contribution in [0.15, 0.2) is 12.7 Å². The van der Waals surface area contributed by atoms with Gasteiger partial charge in [0, 0.05) is 13.1 Å². The summed E-state index contributed by atoms with van der Waals surface area (Å²) in [6.45, 7) is 13.1. The highest BCUT2D eigenvalue weighted by Crippen LogP contribution is 2.61. The number of carbonyl (C=O) groups is 1. The molecule has 0 aromatic carbocycles. The Morgan fingerprint density at radius 2 is 1.93 bits per heavy atom. The van der Waals surface area contributed by atoms with E-state index < -0.39 is 16.8 Å². The standard InChI is InChI=1S/C22H37NO4/c1-6-9-17-14-16(2)15-18-22(17,26-18)21(25)10-7-12-23(13-8-11-21)19(24)27-20(3,4)5/h6,16-18,25H,1,7-15H2,2-5H3. The molecule has 3 fully saturated rings. The van der Waals surface area contributed by atoms with E-state index in [1.807, 2.05) is 26.8 Å². The Kier molecular flexibility index (Phi) is 5.66. The summed E-state index contributed by atoms with van der Waals surface area (Å²) in [4.78, 5) is 14.2. The SMILES string of the molecule is C=CCC1CC(C)CC2OC12C1(O)CCCN(C(=O)OC(C)(C)C)CCC1. The van der Waals surface area contributed by atoms with Crippen LogP contribution < -0.4 is 0 Å². The molecule has 1 amide bonds. The van der Waals surface area contributed by atoms with Crippen LogP contribution in [-0.2, 0) is 9.47 Å². The van der Waals surface area contributed by atoms with Gasteiger partial charge >= 0.3 is 6.09 Å². The lowest BCUT2D eigenvalue weighted by Gasteiger charge is -2.44. The molecule has 1 saturated carbocycles. The molecular weight excluding hydrogens is 342 g/mol. The molecular formula is C22H37NO4. The molecule has 1 aliphatic carbocycles. The molecule has 0 aromatic heterocycles. The van der Waals surface area contributed by atoms with Crippen molar-refractivity contribution in [3.63, 3.8) is 0 Å². The van der Waals surface area contributed by atoms with E-state index in [2.05, 4.69) is 13.5 Å². The fourth-order valence-electron chi connectivity index (χ4n) is 5.43. The van der Waals surface area contributed by atoms with Crippen molar-refractivity contribution in [2.45, 2.75) is 95.5 Å². The highest BCUT2D eigenvalue weighted by molar-refractivity contribution is 5.68. The molecule has 3 rings (SSSR count). The Labute approximate surface area is 164 Å². The average Bonchev–Trinajstić information content (AvgIpc) is 3.25. The molecule has 27 heavy (non-hydrogen) atoms. The largest absolute Gasteiger partial charge is 0.444 e. The van der Waals surface area contributed by atoms with Gasteiger partial charge in [-0.05, 0) is 77.6 Å². The van der Waals surface area contributed by atoms with Gasteiger partial charge < -0.3 is 19.5 Å². The molecule has 3 aliphatic rings. The summed E-state index contributed by atoms with van der Waals surface area (Å²) >= 11 is 0. The van der Waals surface area contributed by atoms with Crippen LogP contribution in [0, 0.1) is 11.8 Å². The van der Waals surface area contributed by atoms with Crippen LogP contribution in [0.3, 0.4) is 0 Å². The van der Waals surface area contributed by atoms with Gasteiger partial charge in [0.2, 0.25) is 0 Å². The summed E-state index contributed by atoms with van der Waals surface area (Å²) in [6.07, 6.45) is 7.81. The molecule has 154 valence electrons. The maximum Gasteiger partial charge on any atom is 0.410 e. The second-order valence-corrected chi connectivity index (χ2v) is 9.90. The lowest BCUT2D eigenvalue weighted by Crippen LogP contribution is -2.55. The van der Waals surface area contributed by atoms with Crippen LogP contribution in [0.4, 0.5) is 4.79 Å². The average molecular weight is 380 g/mol. The third kappa shape index (κ3) is 4.04. The van der Waals surface area contributed by atoms with E-state index in [-0.39, 0.29) is 12.2 Å². The van der Waals surface area contributed by atoms with Gasteiger partial charge in [-0.25, -0.2) is 4.79 Å². The van der Waals surface area contributed by atoms with Crippen molar-refractivity contribution in [3.05, 3.63) is 12.7 Å². The first-order chi connectivity index (χ1) is 12.6. The summed E-state index contributed by atoms with van der Waals surface area (Å²) in [6, 6.07) is 0. The molecule has 0 radical (unpaired) electrons. The molecule has 0 bridgehead atoms. The molecule has 5 nitrogen and oxygen atoms in total. The van der Waals surface area contributed by atoms with Crippen LogP contribution in [0.2, 0.25) is 0 Å². The van der Waals surface area contributed by atoms with E-state index in [1.165, 1.54) is 0 Å². The van der Waals surface area contributed by atoms with E-state index in [9.17, 15) is 9.90 Å². The van der Waals surface area contributed by atoms with E-state index in [0.717, 1.165) is 32.1 Å². The van der Waals surface area contributed by atoms with Crippen LogP contribution in [0.5, 0.6) is 0 Å². The van der Waals surface area contributed by atoms with E-state index in [1.54, 1.807) is 4.90 Å². The van der Waals surface area contributed by atoms with Crippen LogP contribution in [0.1, 0.15) is 72.6 Å². The summed E-state index contributed by atoms with van der Waals surface area (Å²) in [5, 5.41) is 11.7. The van der Waals surface area contributed by atoms with Crippen molar-refractivity contribution in [1.29, 1.82) is 0 Å². The lowest BCUT2D eigenvalue weighted by molar-refractivity contribution is -0.0889. The topological polar surface area (TPSA) is 62.3 Å². The minimum Gasteiger partial charge on any atom is -0.444 e. The lowest BCUT2D eigenvalue weighted by atomic mass is 9.63. The molecule has 0 spiro atoms. The summed E-state index contributed by atoms with van der Waals surface area (Å²) < 4.78 is 11.8. The second-order valence-electron chi connectivity index (χ2n) is 9.90. The fraction of sp³-hybridized carbons (Fsp3) is 0.864. The maximum atomic E-state index is 12.4. The van der Waals surface area contributed by atoms with Gasteiger partial charge in [-0.1, -0.05) is 13.0 Å². The first-order valence-electron chi connectivity index (χ1n) is 10.6. The Hall–Kier alpha value is -1.07. The number of hydrogen-bond acceptors (Lipinski definition) is 4. The number of allylic oxidation sites excluding steroid dienone is 1.